The molecule has 0 saturated heterocycles. The fourth-order valence-electron chi connectivity index (χ4n) is 2.84. The Morgan fingerprint density at radius 3 is 1.56 bits per heavy atom. The molecule has 0 atom stereocenters. The van der Waals surface area contributed by atoms with E-state index in [1.54, 1.807) is 6.07 Å². The highest BCUT2D eigenvalue weighted by atomic mass is 31.2. The highest BCUT2D eigenvalue weighted by Gasteiger charge is 2.32. The molecule has 3 aromatic rings. The zero-order chi connectivity index (χ0) is 19.3. The fraction of sp³-hybridized carbons (Fsp3) is 0.217. The number of aryl methyl sites for hydroxylation is 3. The Hall–Kier alpha value is -2.51. The Bertz CT molecular complexity index is 877. The first-order valence-electron chi connectivity index (χ1n) is 9.27. The summed E-state index contributed by atoms with van der Waals surface area (Å²) < 4.78 is 25.8. The van der Waals surface area contributed by atoms with Crippen LogP contribution < -0.4 is 14.4 Å². The van der Waals surface area contributed by atoms with Crippen molar-refractivity contribution >= 4 is 12.9 Å². The number of benzene rings is 3. The van der Waals surface area contributed by atoms with Gasteiger partial charge in [-0.25, -0.2) is 4.57 Å². The van der Waals surface area contributed by atoms with Gasteiger partial charge in [0.15, 0.2) is 0 Å². The average molecular weight is 380 g/mol. The molecule has 3 nitrogen and oxygen atoms in total. The molecule has 140 valence electrons. The lowest BCUT2D eigenvalue weighted by atomic mass is 10.2. The van der Waals surface area contributed by atoms with Crippen LogP contribution >= 0.6 is 7.60 Å². The molecule has 3 rings (SSSR count). The summed E-state index contributed by atoms with van der Waals surface area (Å²) >= 11 is 0. The predicted molar refractivity (Wildman–Crippen MR) is 111 cm³/mol. The van der Waals surface area contributed by atoms with Crippen LogP contribution in [0.25, 0.3) is 0 Å². The van der Waals surface area contributed by atoms with Crippen LogP contribution in [0.15, 0.2) is 72.8 Å². The molecule has 3 aromatic carbocycles. The summed E-state index contributed by atoms with van der Waals surface area (Å²) in [7, 11) is -3.60. The Morgan fingerprint density at radius 2 is 1.15 bits per heavy atom. The summed E-state index contributed by atoms with van der Waals surface area (Å²) in [4.78, 5) is 0. The van der Waals surface area contributed by atoms with Crippen molar-refractivity contribution in [1.82, 2.24) is 0 Å². The minimum Gasteiger partial charge on any atom is -0.413 e. The zero-order valence-corrected chi connectivity index (χ0v) is 16.9. The first-order valence-corrected chi connectivity index (χ1v) is 10.8. The van der Waals surface area contributed by atoms with Gasteiger partial charge in [0, 0.05) is 0 Å². The van der Waals surface area contributed by atoms with Gasteiger partial charge >= 0.3 is 7.60 Å². The lowest BCUT2D eigenvalue weighted by molar-refractivity contribution is 0.399. The Labute approximate surface area is 161 Å². The van der Waals surface area contributed by atoms with Gasteiger partial charge in [-0.3, -0.25) is 0 Å². The standard InChI is InChI=1S/C23H25O3P/c1-4-19-10-14-21(15-11-19)25-27(24,23-9-7-6-8-18(23)3)26-22-16-12-20(5-2)13-17-22/h6-17H,4-5H2,1-3H3. The second kappa shape index (κ2) is 8.45. The molecular formula is C23H25O3P. The first kappa shape index (κ1) is 19.3. The molecule has 0 aliphatic rings. The SMILES string of the molecule is CCc1ccc(OP(=O)(Oc2ccc(CC)cc2)c2ccccc2C)cc1. The van der Waals surface area contributed by atoms with Gasteiger partial charge < -0.3 is 9.05 Å². The van der Waals surface area contributed by atoms with Crippen molar-refractivity contribution < 1.29 is 13.6 Å². The van der Waals surface area contributed by atoms with Gasteiger partial charge in [-0.05, 0) is 66.8 Å². The van der Waals surface area contributed by atoms with E-state index in [1.165, 1.54) is 11.1 Å². The summed E-state index contributed by atoms with van der Waals surface area (Å²) in [6.45, 7) is 6.10. The van der Waals surface area contributed by atoms with Crippen molar-refractivity contribution in [3.63, 3.8) is 0 Å². The molecule has 0 spiro atoms. The van der Waals surface area contributed by atoms with Crippen LogP contribution in [0, 0.1) is 6.92 Å². The topological polar surface area (TPSA) is 35.5 Å². The van der Waals surface area contributed by atoms with Crippen LogP contribution in [-0.2, 0) is 17.4 Å². The largest absolute Gasteiger partial charge is 0.463 e. The third kappa shape index (κ3) is 4.61. The van der Waals surface area contributed by atoms with Gasteiger partial charge in [-0.15, -0.1) is 0 Å². The molecule has 0 unspecified atom stereocenters. The maximum atomic E-state index is 13.8. The van der Waals surface area contributed by atoms with Crippen molar-refractivity contribution in [1.29, 1.82) is 0 Å². The Balaban J connectivity index is 1.97. The second-order valence-corrected chi connectivity index (χ2v) is 8.30. The number of hydrogen-bond donors (Lipinski definition) is 0. The third-order valence-corrected chi connectivity index (χ3v) is 6.52. The van der Waals surface area contributed by atoms with E-state index in [0.717, 1.165) is 18.4 Å². The molecule has 0 heterocycles. The van der Waals surface area contributed by atoms with Gasteiger partial charge in [0.05, 0.1) is 5.30 Å². The van der Waals surface area contributed by atoms with E-state index in [0.29, 0.717) is 16.8 Å². The number of hydrogen-bond acceptors (Lipinski definition) is 3. The van der Waals surface area contributed by atoms with Gasteiger partial charge in [0.2, 0.25) is 0 Å². The van der Waals surface area contributed by atoms with Crippen molar-refractivity contribution in [3.8, 4) is 11.5 Å². The van der Waals surface area contributed by atoms with E-state index in [-0.39, 0.29) is 0 Å². The fourth-order valence-corrected chi connectivity index (χ4v) is 4.64. The molecule has 27 heavy (non-hydrogen) atoms. The normalized spacial score (nSPS) is 11.2. The summed E-state index contributed by atoms with van der Waals surface area (Å²) in [5.74, 6) is 1.06. The molecule has 0 amide bonds. The first-order chi connectivity index (χ1) is 13.0. The highest BCUT2D eigenvalue weighted by Crippen LogP contribution is 2.48. The van der Waals surface area contributed by atoms with Crippen molar-refractivity contribution in [2.75, 3.05) is 0 Å². The molecule has 0 N–H and O–H groups in total. The van der Waals surface area contributed by atoms with E-state index in [1.807, 2.05) is 73.7 Å². The van der Waals surface area contributed by atoms with E-state index >= 15 is 0 Å². The van der Waals surface area contributed by atoms with Gasteiger partial charge in [-0.1, -0.05) is 56.3 Å². The monoisotopic (exact) mass is 380 g/mol. The quantitative estimate of drug-likeness (QED) is 0.465. The van der Waals surface area contributed by atoms with Gasteiger partial charge in [0.25, 0.3) is 0 Å². The van der Waals surface area contributed by atoms with E-state index in [9.17, 15) is 4.57 Å². The third-order valence-electron chi connectivity index (χ3n) is 4.52. The van der Waals surface area contributed by atoms with E-state index < -0.39 is 7.60 Å². The molecular weight excluding hydrogens is 355 g/mol. The van der Waals surface area contributed by atoms with Crippen LogP contribution in [0.5, 0.6) is 11.5 Å². The summed E-state index contributed by atoms with van der Waals surface area (Å²) in [6, 6.07) is 22.8. The Morgan fingerprint density at radius 1 is 0.704 bits per heavy atom. The molecule has 0 aliphatic heterocycles. The van der Waals surface area contributed by atoms with Gasteiger partial charge in [-0.2, -0.15) is 0 Å². The smallest absolute Gasteiger partial charge is 0.413 e. The highest BCUT2D eigenvalue weighted by molar-refractivity contribution is 7.63. The lowest BCUT2D eigenvalue weighted by Crippen LogP contribution is -2.17. The second-order valence-electron chi connectivity index (χ2n) is 6.46. The lowest BCUT2D eigenvalue weighted by Gasteiger charge is -2.22. The summed E-state index contributed by atoms with van der Waals surface area (Å²) in [6.07, 6.45) is 1.88. The summed E-state index contributed by atoms with van der Waals surface area (Å²) in [5, 5.41) is 0.573. The van der Waals surface area contributed by atoms with Crippen molar-refractivity contribution in [3.05, 3.63) is 89.5 Å². The Kier molecular flexibility index (Phi) is 6.03. The van der Waals surface area contributed by atoms with Crippen LogP contribution in [0.3, 0.4) is 0 Å². The van der Waals surface area contributed by atoms with E-state index in [4.69, 9.17) is 9.05 Å². The minimum absolute atomic E-state index is 0.531. The van der Waals surface area contributed by atoms with Crippen LogP contribution in [0.2, 0.25) is 0 Å². The predicted octanol–water partition coefficient (Wildman–Crippen LogP) is 6.10. The molecule has 0 aliphatic carbocycles. The van der Waals surface area contributed by atoms with Crippen molar-refractivity contribution in [2.45, 2.75) is 33.6 Å². The van der Waals surface area contributed by atoms with Crippen LogP contribution in [-0.4, -0.2) is 0 Å². The molecule has 0 fully saturated rings. The van der Waals surface area contributed by atoms with Gasteiger partial charge in [0.1, 0.15) is 11.5 Å². The molecule has 0 bridgehead atoms. The minimum atomic E-state index is -3.60. The molecule has 0 aromatic heterocycles. The van der Waals surface area contributed by atoms with Crippen molar-refractivity contribution in [2.24, 2.45) is 0 Å². The average Bonchev–Trinajstić information content (AvgIpc) is 2.69. The van der Waals surface area contributed by atoms with Crippen LogP contribution in [0.1, 0.15) is 30.5 Å². The summed E-state index contributed by atoms with van der Waals surface area (Å²) in [5.41, 5.74) is 3.27. The molecule has 0 radical (unpaired) electrons. The van der Waals surface area contributed by atoms with E-state index in [2.05, 4.69) is 13.8 Å². The maximum Gasteiger partial charge on any atom is 0.463 e. The zero-order valence-electron chi connectivity index (χ0n) is 16.0. The maximum absolute atomic E-state index is 13.8. The molecule has 4 heteroatoms. The molecule has 0 saturated carbocycles. The van der Waals surface area contributed by atoms with Crippen LogP contribution in [0.4, 0.5) is 0 Å². The number of rotatable bonds is 7.